The van der Waals surface area contributed by atoms with Crippen molar-refractivity contribution in [3.05, 3.63) is 12.2 Å². The number of hydrogen-bond acceptors (Lipinski definition) is 1. The second kappa shape index (κ2) is 8.96. The first-order chi connectivity index (χ1) is 7.11. The molecule has 1 unspecified atom stereocenters. The summed E-state index contributed by atoms with van der Waals surface area (Å²) in [7, 11) is 0. The highest BCUT2D eigenvalue weighted by molar-refractivity contribution is 4.83. The van der Waals surface area contributed by atoms with E-state index in [1.54, 1.807) is 0 Å². The summed E-state index contributed by atoms with van der Waals surface area (Å²) in [5.74, 6) is 0.801. The van der Waals surface area contributed by atoms with Crippen LogP contribution in [-0.4, -0.2) is 24.0 Å². The summed E-state index contributed by atoms with van der Waals surface area (Å²) in [6.07, 6.45) is 8.34. The van der Waals surface area contributed by atoms with E-state index in [1.807, 2.05) is 0 Å². The van der Waals surface area contributed by atoms with Crippen molar-refractivity contribution in [2.24, 2.45) is 5.92 Å². The largest absolute Gasteiger partial charge is 0.297 e. The Morgan fingerprint density at radius 3 is 2.33 bits per heavy atom. The van der Waals surface area contributed by atoms with Gasteiger partial charge in [-0.3, -0.25) is 4.90 Å². The highest BCUT2D eigenvalue weighted by atomic mass is 15.1. The topological polar surface area (TPSA) is 3.24 Å². The predicted molar refractivity (Wildman–Crippen MR) is 70.2 cm³/mol. The Kier molecular flexibility index (Phi) is 8.79. The Morgan fingerprint density at radius 2 is 1.87 bits per heavy atom. The van der Waals surface area contributed by atoms with E-state index in [1.165, 1.54) is 25.8 Å². The number of nitrogens with zero attached hydrogens (tertiary/aromatic N) is 1. The molecule has 1 atom stereocenters. The van der Waals surface area contributed by atoms with Gasteiger partial charge in [0.15, 0.2) is 0 Å². The number of hydrogen-bond donors (Lipinski definition) is 0. The molecule has 0 saturated carbocycles. The quantitative estimate of drug-likeness (QED) is 0.546. The van der Waals surface area contributed by atoms with Crippen molar-refractivity contribution in [2.45, 2.75) is 59.9 Å². The Hall–Kier alpha value is -0.300. The molecule has 0 rings (SSSR count). The lowest BCUT2D eigenvalue weighted by atomic mass is 10.0. The normalized spacial score (nSPS) is 14.3. The van der Waals surface area contributed by atoms with Crippen molar-refractivity contribution in [1.29, 1.82) is 0 Å². The summed E-state index contributed by atoms with van der Waals surface area (Å²) in [6.45, 7) is 13.7. The lowest BCUT2D eigenvalue weighted by Crippen LogP contribution is -2.35. The summed E-state index contributed by atoms with van der Waals surface area (Å²) < 4.78 is 0. The van der Waals surface area contributed by atoms with Gasteiger partial charge in [0.2, 0.25) is 0 Å². The average molecular weight is 211 g/mol. The van der Waals surface area contributed by atoms with Crippen LogP contribution >= 0.6 is 0 Å². The van der Waals surface area contributed by atoms with E-state index in [2.05, 4.69) is 51.7 Å². The smallest absolute Gasteiger partial charge is 0.0165 e. The number of rotatable bonds is 8. The maximum absolute atomic E-state index is 2.60. The minimum Gasteiger partial charge on any atom is -0.297 e. The fraction of sp³-hybridized carbons (Fsp3) is 0.857. The summed E-state index contributed by atoms with van der Waals surface area (Å²) >= 11 is 0. The molecule has 0 aliphatic carbocycles. The molecule has 0 aromatic carbocycles. The molecule has 0 N–H and O–H groups in total. The fourth-order valence-electron chi connectivity index (χ4n) is 1.92. The number of allylic oxidation sites excluding steroid dienone is 1. The fourth-order valence-corrected chi connectivity index (χ4v) is 1.92. The zero-order chi connectivity index (χ0) is 11.7. The van der Waals surface area contributed by atoms with Gasteiger partial charge in [-0.2, -0.15) is 0 Å². The minimum absolute atomic E-state index is 0.716. The second-order valence-electron chi connectivity index (χ2n) is 4.90. The predicted octanol–water partition coefficient (Wildman–Crippen LogP) is 4.10. The van der Waals surface area contributed by atoms with E-state index in [9.17, 15) is 0 Å². The Morgan fingerprint density at radius 1 is 1.20 bits per heavy atom. The van der Waals surface area contributed by atoms with Crippen LogP contribution in [0.4, 0.5) is 0 Å². The molecular formula is C14H29N. The molecule has 0 aliphatic rings. The maximum Gasteiger partial charge on any atom is 0.0165 e. The van der Waals surface area contributed by atoms with Crippen molar-refractivity contribution in [3.63, 3.8) is 0 Å². The van der Waals surface area contributed by atoms with Gasteiger partial charge in [-0.15, -0.1) is 0 Å². The molecule has 0 radical (unpaired) electrons. The summed E-state index contributed by atoms with van der Waals surface area (Å²) in [5, 5.41) is 0. The lowest BCUT2D eigenvalue weighted by Gasteiger charge is -2.29. The van der Waals surface area contributed by atoms with Gasteiger partial charge in [0.25, 0.3) is 0 Å². The van der Waals surface area contributed by atoms with Crippen molar-refractivity contribution in [1.82, 2.24) is 4.90 Å². The molecule has 0 amide bonds. The third-order valence-electron chi connectivity index (χ3n) is 2.81. The first-order valence-electron chi connectivity index (χ1n) is 6.47. The molecule has 15 heavy (non-hydrogen) atoms. The van der Waals surface area contributed by atoms with Gasteiger partial charge in [-0.05, 0) is 39.2 Å². The summed E-state index contributed by atoms with van der Waals surface area (Å²) in [5.41, 5.74) is 0. The van der Waals surface area contributed by atoms with Crippen LogP contribution in [0.5, 0.6) is 0 Å². The zero-order valence-electron chi connectivity index (χ0n) is 11.3. The van der Waals surface area contributed by atoms with E-state index in [-0.39, 0.29) is 0 Å². The van der Waals surface area contributed by atoms with Crippen molar-refractivity contribution >= 4 is 0 Å². The zero-order valence-corrected chi connectivity index (χ0v) is 11.3. The maximum atomic E-state index is 2.60. The summed E-state index contributed by atoms with van der Waals surface area (Å²) in [4.78, 5) is 2.60. The molecule has 90 valence electrons. The number of unbranched alkanes of at least 4 members (excludes halogenated alkanes) is 1. The van der Waals surface area contributed by atoms with Gasteiger partial charge in [0.1, 0.15) is 0 Å². The van der Waals surface area contributed by atoms with E-state index in [0.29, 0.717) is 6.04 Å². The Bertz CT molecular complexity index is 161. The van der Waals surface area contributed by atoms with Gasteiger partial charge in [-0.1, -0.05) is 39.3 Å². The van der Waals surface area contributed by atoms with Gasteiger partial charge in [0.05, 0.1) is 0 Å². The average Bonchev–Trinajstić information content (AvgIpc) is 2.17. The molecule has 0 saturated heterocycles. The molecule has 1 nitrogen and oxygen atoms in total. The van der Waals surface area contributed by atoms with Crippen LogP contribution in [-0.2, 0) is 0 Å². The monoisotopic (exact) mass is 211 g/mol. The lowest BCUT2D eigenvalue weighted by molar-refractivity contribution is 0.203. The second-order valence-corrected chi connectivity index (χ2v) is 4.90. The minimum atomic E-state index is 0.716. The van der Waals surface area contributed by atoms with E-state index < -0.39 is 0 Å². The van der Waals surface area contributed by atoms with Crippen LogP contribution in [0.1, 0.15) is 53.9 Å². The van der Waals surface area contributed by atoms with Crippen LogP contribution in [0.15, 0.2) is 12.2 Å². The van der Waals surface area contributed by atoms with Gasteiger partial charge in [0, 0.05) is 12.6 Å². The molecule has 0 spiro atoms. The molecule has 0 heterocycles. The first-order valence-corrected chi connectivity index (χ1v) is 6.47. The van der Waals surface area contributed by atoms with E-state index in [0.717, 1.165) is 12.5 Å². The van der Waals surface area contributed by atoms with Crippen molar-refractivity contribution in [3.8, 4) is 0 Å². The highest BCUT2D eigenvalue weighted by Crippen LogP contribution is 2.12. The molecule has 0 bridgehead atoms. The summed E-state index contributed by atoms with van der Waals surface area (Å²) in [6, 6.07) is 0.716. The molecule has 0 aliphatic heterocycles. The highest BCUT2D eigenvalue weighted by Gasteiger charge is 2.12. The molecule has 1 heteroatoms. The third kappa shape index (κ3) is 7.61. The Labute approximate surface area is 96.6 Å². The standard InChI is InChI=1S/C14H29N/c1-6-8-10-15(11-9-7-2)14(5)12-13(3)4/h6,8,13-14H,7,9-12H2,1-5H3/b8-6+. The van der Waals surface area contributed by atoms with Gasteiger partial charge >= 0.3 is 0 Å². The van der Waals surface area contributed by atoms with Crippen LogP contribution in [0.2, 0.25) is 0 Å². The molecule has 0 fully saturated rings. The van der Waals surface area contributed by atoms with Crippen LogP contribution in [0, 0.1) is 5.92 Å². The van der Waals surface area contributed by atoms with E-state index in [4.69, 9.17) is 0 Å². The molecule has 0 aromatic heterocycles. The Balaban J connectivity index is 4.06. The first kappa shape index (κ1) is 14.7. The van der Waals surface area contributed by atoms with Crippen molar-refractivity contribution in [2.75, 3.05) is 13.1 Å². The third-order valence-corrected chi connectivity index (χ3v) is 2.81. The SMILES string of the molecule is C/C=C/CN(CCCC)C(C)CC(C)C. The molecular weight excluding hydrogens is 182 g/mol. The van der Waals surface area contributed by atoms with Gasteiger partial charge < -0.3 is 0 Å². The van der Waals surface area contributed by atoms with Crippen LogP contribution in [0.25, 0.3) is 0 Å². The van der Waals surface area contributed by atoms with Crippen LogP contribution < -0.4 is 0 Å². The van der Waals surface area contributed by atoms with Crippen LogP contribution in [0.3, 0.4) is 0 Å². The molecule has 0 aromatic rings. The van der Waals surface area contributed by atoms with Crippen molar-refractivity contribution < 1.29 is 0 Å². The van der Waals surface area contributed by atoms with Gasteiger partial charge in [-0.25, -0.2) is 0 Å². The van der Waals surface area contributed by atoms with E-state index >= 15 is 0 Å².